The molecule has 1 aliphatic heterocycles. The second kappa shape index (κ2) is 1.94. The van der Waals surface area contributed by atoms with Gasteiger partial charge in [-0.3, -0.25) is 0 Å². The van der Waals surface area contributed by atoms with Crippen LogP contribution in [-0.4, -0.2) is 27.7 Å². The fourth-order valence-electron chi connectivity index (χ4n) is 1.15. The summed E-state index contributed by atoms with van der Waals surface area (Å²) in [6.07, 6.45) is 0. The van der Waals surface area contributed by atoms with Crippen molar-refractivity contribution in [2.75, 3.05) is 0 Å². The van der Waals surface area contributed by atoms with E-state index in [1.54, 1.807) is 0 Å². The Morgan fingerprint density at radius 2 is 1.22 bits per heavy atom. The molecule has 1 rings (SSSR count). The van der Waals surface area contributed by atoms with Gasteiger partial charge in [-0.1, -0.05) is 0 Å². The van der Waals surface area contributed by atoms with E-state index in [4.69, 9.17) is 4.74 Å². The van der Waals surface area contributed by atoms with Crippen LogP contribution in [0.3, 0.4) is 0 Å². The molecule has 52 valence electrons. The van der Waals surface area contributed by atoms with E-state index < -0.39 is 0 Å². The van der Waals surface area contributed by atoms with Crippen molar-refractivity contribution in [3.63, 3.8) is 0 Å². The standard InChI is InChI=1S/C6H14OSi2/c1-5(2)7-6(3,4)9-8-5/h8-9H,1-4H3. The third-order valence-electron chi connectivity index (χ3n) is 1.41. The Kier molecular flexibility index (Phi) is 1.61. The second-order valence-corrected chi connectivity index (χ2v) is 9.09. The second-order valence-electron chi connectivity index (χ2n) is 3.64. The summed E-state index contributed by atoms with van der Waals surface area (Å²) in [6.45, 7) is 8.85. The smallest absolute Gasteiger partial charge is 0.0605 e. The Labute approximate surface area is 60.8 Å². The molecule has 0 N–H and O–H groups in total. The Hall–Kier alpha value is 0.394. The zero-order valence-corrected chi connectivity index (χ0v) is 8.87. The summed E-state index contributed by atoms with van der Waals surface area (Å²) >= 11 is 0. The van der Waals surface area contributed by atoms with E-state index in [9.17, 15) is 0 Å². The van der Waals surface area contributed by atoms with Gasteiger partial charge < -0.3 is 4.74 Å². The van der Waals surface area contributed by atoms with Gasteiger partial charge in [-0.2, -0.15) is 0 Å². The molecule has 0 aliphatic carbocycles. The van der Waals surface area contributed by atoms with Crippen molar-refractivity contribution < 1.29 is 4.74 Å². The predicted molar refractivity (Wildman–Crippen MR) is 43.5 cm³/mol. The molecule has 0 aromatic heterocycles. The van der Waals surface area contributed by atoms with Crippen molar-refractivity contribution >= 4 is 17.2 Å². The maximum Gasteiger partial charge on any atom is 0.0605 e. The van der Waals surface area contributed by atoms with Gasteiger partial charge in [0.25, 0.3) is 0 Å². The van der Waals surface area contributed by atoms with Crippen LogP contribution >= 0.6 is 0 Å². The van der Waals surface area contributed by atoms with Gasteiger partial charge in [-0.25, -0.2) is 0 Å². The molecule has 3 heteroatoms. The lowest BCUT2D eigenvalue weighted by atomic mass is 10.4. The van der Waals surface area contributed by atoms with Crippen molar-refractivity contribution in [2.45, 2.75) is 38.1 Å². The Bertz CT molecular complexity index is 133. The molecule has 9 heavy (non-hydrogen) atoms. The zero-order chi connectivity index (χ0) is 7.12. The van der Waals surface area contributed by atoms with E-state index in [1.807, 2.05) is 0 Å². The van der Waals surface area contributed by atoms with Gasteiger partial charge in [0.2, 0.25) is 0 Å². The third kappa shape index (κ3) is 1.91. The Balaban J connectivity index is 2.71. The zero-order valence-electron chi connectivity index (χ0n) is 6.56. The highest BCUT2D eigenvalue weighted by molar-refractivity contribution is 6.77. The van der Waals surface area contributed by atoms with Gasteiger partial charge in [-0.05, 0) is 27.7 Å². The minimum absolute atomic E-state index is 0.249. The van der Waals surface area contributed by atoms with Crippen LogP contribution in [0.2, 0.25) is 0 Å². The van der Waals surface area contributed by atoms with Gasteiger partial charge in [0.15, 0.2) is 0 Å². The molecule has 0 fully saturated rings. The maximum atomic E-state index is 5.81. The van der Waals surface area contributed by atoms with Crippen LogP contribution in [-0.2, 0) is 4.74 Å². The van der Waals surface area contributed by atoms with Crippen LogP contribution in [0.4, 0.5) is 0 Å². The topological polar surface area (TPSA) is 9.23 Å². The van der Waals surface area contributed by atoms with Gasteiger partial charge >= 0.3 is 0 Å². The van der Waals surface area contributed by atoms with Crippen molar-refractivity contribution in [3.05, 3.63) is 0 Å². The summed E-state index contributed by atoms with van der Waals surface area (Å²) in [5.41, 5.74) is 0. The van der Waals surface area contributed by atoms with E-state index in [-0.39, 0.29) is 10.4 Å². The molecule has 0 atom stereocenters. The van der Waals surface area contributed by atoms with Crippen LogP contribution in [0.15, 0.2) is 0 Å². The lowest BCUT2D eigenvalue weighted by Gasteiger charge is -2.25. The third-order valence-corrected chi connectivity index (χ3v) is 8.74. The molecule has 0 saturated carbocycles. The van der Waals surface area contributed by atoms with Crippen LogP contribution in [0.5, 0.6) is 0 Å². The molecule has 0 unspecified atom stereocenters. The molecule has 0 aromatic carbocycles. The van der Waals surface area contributed by atoms with E-state index >= 15 is 0 Å². The molecule has 0 bridgehead atoms. The molecule has 1 heterocycles. The highest BCUT2D eigenvalue weighted by Crippen LogP contribution is 2.20. The lowest BCUT2D eigenvalue weighted by molar-refractivity contribution is -0.0207. The molecule has 1 aliphatic rings. The summed E-state index contributed by atoms with van der Waals surface area (Å²) in [5, 5.41) is 0.498. The Morgan fingerprint density at radius 3 is 1.33 bits per heavy atom. The van der Waals surface area contributed by atoms with Gasteiger partial charge in [0.05, 0.1) is 10.4 Å². The van der Waals surface area contributed by atoms with Crippen molar-refractivity contribution in [1.82, 2.24) is 0 Å². The fraction of sp³-hybridized carbons (Fsp3) is 1.00. The minimum Gasteiger partial charge on any atom is -0.371 e. The molecule has 0 radical (unpaired) electrons. The average molecular weight is 158 g/mol. The SMILES string of the molecule is CC1(C)OC(C)(C)[SiH]=[SiH]1. The van der Waals surface area contributed by atoms with Crippen LogP contribution in [0, 0.1) is 0 Å². The first-order valence-corrected chi connectivity index (χ1v) is 7.14. The summed E-state index contributed by atoms with van der Waals surface area (Å²) in [5.74, 6) is 0. The van der Waals surface area contributed by atoms with Gasteiger partial charge in [0, 0.05) is 17.2 Å². The first-order chi connectivity index (χ1) is 3.91. The highest BCUT2D eigenvalue weighted by Gasteiger charge is 2.30. The number of hydrogen-bond donors (Lipinski definition) is 0. The first-order valence-electron chi connectivity index (χ1n) is 3.32. The van der Waals surface area contributed by atoms with Crippen molar-refractivity contribution in [2.24, 2.45) is 0 Å². The van der Waals surface area contributed by atoms with Crippen LogP contribution in [0.1, 0.15) is 27.7 Å². The van der Waals surface area contributed by atoms with Crippen LogP contribution < -0.4 is 0 Å². The average Bonchev–Trinajstić information content (AvgIpc) is 1.78. The molecule has 0 aromatic rings. The lowest BCUT2D eigenvalue weighted by Crippen LogP contribution is -2.30. The van der Waals surface area contributed by atoms with E-state index in [2.05, 4.69) is 27.7 Å². The molecular formula is C6H14OSi2. The molecule has 1 nitrogen and oxygen atoms in total. The molecular weight excluding hydrogens is 144 g/mol. The van der Waals surface area contributed by atoms with Crippen LogP contribution in [0.25, 0.3) is 0 Å². The number of hydrogen-bond acceptors (Lipinski definition) is 1. The largest absolute Gasteiger partial charge is 0.371 e. The minimum atomic E-state index is 0.249. The summed E-state index contributed by atoms with van der Waals surface area (Å²) in [6, 6.07) is 0. The predicted octanol–water partition coefficient (Wildman–Crippen LogP) is 0.277. The molecule has 0 saturated heterocycles. The summed E-state index contributed by atoms with van der Waals surface area (Å²) < 4.78 is 5.81. The quantitative estimate of drug-likeness (QED) is 0.460. The molecule has 0 amide bonds. The van der Waals surface area contributed by atoms with Crippen molar-refractivity contribution in [3.8, 4) is 0 Å². The van der Waals surface area contributed by atoms with Gasteiger partial charge in [-0.15, -0.1) is 0 Å². The van der Waals surface area contributed by atoms with E-state index in [0.717, 1.165) is 0 Å². The normalized spacial score (nSPS) is 28.9. The van der Waals surface area contributed by atoms with Gasteiger partial charge in [0.1, 0.15) is 0 Å². The summed E-state index contributed by atoms with van der Waals surface area (Å²) in [7, 11) is 1.18. The van der Waals surface area contributed by atoms with E-state index in [0.29, 0.717) is 17.2 Å². The maximum absolute atomic E-state index is 5.81. The Morgan fingerprint density at radius 1 is 0.889 bits per heavy atom. The fourth-order valence-corrected chi connectivity index (χ4v) is 5.65. The van der Waals surface area contributed by atoms with E-state index in [1.165, 1.54) is 0 Å². The van der Waals surface area contributed by atoms with Crippen molar-refractivity contribution in [1.29, 1.82) is 0 Å². The number of ether oxygens (including phenoxy) is 1. The number of rotatable bonds is 0. The highest BCUT2D eigenvalue weighted by atomic mass is 28.9. The summed E-state index contributed by atoms with van der Waals surface area (Å²) in [4.78, 5) is 0. The monoisotopic (exact) mass is 158 g/mol. The molecule has 0 spiro atoms. The first kappa shape index (κ1) is 7.50.